The van der Waals surface area contributed by atoms with Crippen molar-refractivity contribution in [1.29, 1.82) is 0 Å². The lowest BCUT2D eigenvalue weighted by Gasteiger charge is -2.18. The summed E-state index contributed by atoms with van der Waals surface area (Å²) >= 11 is 0. The summed E-state index contributed by atoms with van der Waals surface area (Å²) in [5.41, 5.74) is 0.665. The number of hydrogen-bond donors (Lipinski definition) is 4. The quantitative estimate of drug-likeness (QED) is 0.520. The molecular formula is C14H24N4O3. The molecule has 0 spiro atoms. The predicted octanol–water partition coefficient (Wildman–Crippen LogP) is 1.67. The maximum Gasteiger partial charge on any atom is 0.326 e. The number of hydrogen-bond acceptors (Lipinski definition) is 3. The summed E-state index contributed by atoms with van der Waals surface area (Å²) in [7, 11) is 0. The molecule has 0 saturated heterocycles. The van der Waals surface area contributed by atoms with E-state index in [9.17, 15) is 9.59 Å². The molecule has 21 heavy (non-hydrogen) atoms. The Balaban J connectivity index is 2.40. The van der Waals surface area contributed by atoms with Crippen LogP contribution in [0.15, 0.2) is 12.5 Å². The van der Waals surface area contributed by atoms with Gasteiger partial charge in [0.25, 0.3) is 0 Å². The fraction of sp³-hybridized carbons (Fsp3) is 0.643. The summed E-state index contributed by atoms with van der Waals surface area (Å²) in [4.78, 5) is 29.7. The minimum absolute atomic E-state index is 0.0261. The lowest BCUT2D eigenvalue weighted by Crippen LogP contribution is -2.49. The Bertz CT molecular complexity index is 433. The van der Waals surface area contributed by atoms with Gasteiger partial charge in [0.05, 0.1) is 6.33 Å². The number of urea groups is 1. The molecule has 0 radical (unpaired) electrons. The van der Waals surface area contributed by atoms with Gasteiger partial charge in [-0.15, -0.1) is 0 Å². The summed E-state index contributed by atoms with van der Waals surface area (Å²) in [5.74, 6) is -1.07. The van der Waals surface area contributed by atoms with Crippen molar-refractivity contribution < 1.29 is 14.7 Å². The molecule has 7 nitrogen and oxygen atoms in total. The number of unbranched alkanes of at least 4 members (excludes halogenated alkanes) is 2. The van der Waals surface area contributed by atoms with Crippen LogP contribution in [0.5, 0.6) is 0 Å². The number of nitrogens with zero attached hydrogens (tertiary/aromatic N) is 1. The molecule has 0 saturated carbocycles. The molecule has 7 heteroatoms. The Kier molecular flexibility index (Phi) is 7.28. The van der Waals surface area contributed by atoms with Gasteiger partial charge in [-0.3, -0.25) is 0 Å². The Hall–Kier alpha value is -2.05. The summed E-state index contributed by atoms with van der Waals surface area (Å²) in [6.07, 6.45) is 7.39. The van der Waals surface area contributed by atoms with Gasteiger partial charge < -0.3 is 20.7 Å². The summed E-state index contributed by atoms with van der Waals surface area (Å²) < 4.78 is 0. The molecule has 1 aromatic heterocycles. The van der Waals surface area contributed by atoms with Crippen LogP contribution in [-0.4, -0.2) is 39.2 Å². The zero-order valence-electron chi connectivity index (χ0n) is 12.6. The predicted molar refractivity (Wildman–Crippen MR) is 79.0 cm³/mol. The SMILES string of the molecule is CCCCCC(C)NC(=O)N[C@H](Cc1cnc[nH]1)C(=O)O. The lowest BCUT2D eigenvalue weighted by atomic mass is 10.1. The van der Waals surface area contributed by atoms with Gasteiger partial charge in [-0.25, -0.2) is 14.6 Å². The fourth-order valence-electron chi connectivity index (χ4n) is 2.01. The maximum absolute atomic E-state index is 11.8. The van der Waals surface area contributed by atoms with Crippen LogP contribution >= 0.6 is 0 Å². The molecule has 118 valence electrons. The third kappa shape index (κ3) is 6.78. The first kappa shape index (κ1) is 17.0. The minimum atomic E-state index is -1.07. The zero-order chi connectivity index (χ0) is 15.7. The standard InChI is InChI=1S/C14H24N4O3/c1-3-4-5-6-10(2)17-14(21)18-12(13(19)20)7-11-8-15-9-16-11/h8-10,12H,3-7H2,1-2H3,(H,15,16)(H,19,20)(H2,17,18,21)/t10?,12-/m1/s1. The first-order valence-corrected chi connectivity index (χ1v) is 7.30. The van der Waals surface area contributed by atoms with Crippen molar-refractivity contribution in [2.75, 3.05) is 0 Å². The van der Waals surface area contributed by atoms with Crippen LogP contribution in [0.3, 0.4) is 0 Å². The first-order chi connectivity index (χ1) is 10.0. The number of aliphatic carboxylic acids is 1. The van der Waals surface area contributed by atoms with E-state index >= 15 is 0 Å². The van der Waals surface area contributed by atoms with E-state index < -0.39 is 18.0 Å². The fourth-order valence-corrected chi connectivity index (χ4v) is 2.01. The summed E-state index contributed by atoms with van der Waals surface area (Å²) in [6.45, 7) is 4.04. The summed E-state index contributed by atoms with van der Waals surface area (Å²) in [5, 5.41) is 14.4. The zero-order valence-corrected chi connectivity index (χ0v) is 12.6. The van der Waals surface area contributed by atoms with E-state index in [1.54, 1.807) is 6.20 Å². The Morgan fingerprint density at radius 3 is 2.71 bits per heavy atom. The van der Waals surface area contributed by atoms with E-state index in [-0.39, 0.29) is 12.5 Å². The van der Waals surface area contributed by atoms with Gasteiger partial charge in [0.15, 0.2) is 0 Å². The molecule has 0 aliphatic heterocycles. The number of amides is 2. The molecule has 1 aromatic rings. The minimum Gasteiger partial charge on any atom is -0.480 e. The molecule has 0 fully saturated rings. The van der Waals surface area contributed by atoms with Crippen molar-refractivity contribution >= 4 is 12.0 Å². The second-order valence-corrected chi connectivity index (χ2v) is 5.19. The van der Waals surface area contributed by atoms with Gasteiger partial charge in [0, 0.05) is 24.4 Å². The highest BCUT2D eigenvalue weighted by Crippen LogP contribution is 2.03. The number of aromatic amines is 1. The number of carbonyl (C=O) groups excluding carboxylic acids is 1. The third-order valence-electron chi connectivity index (χ3n) is 3.20. The van der Waals surface area contributed by atoms with Crippen molar-refractivity contribution in [2.24, 2.45) is 0 Å². The smallest absolute Gasteiger partial charge is 0.326 e. The van der Waals surface area contributed by atoms with Crippen LogP contribution in [0.25, 0.3) is 0 Å². The van der Waals surface area contributed by atoms with E-state index in [4.69, 9.17) is 5.11 Å². The number of nitrogens with one attached hydrogen (secondary N) is 3. The summed E-state index contributed by atoms with van der Waals surface area (Å²) in [6, 6.07) is -1.41. The van der Waals surface area contributed by atoms with Crippen molar-refractivity contribution in [2.45, 2.75) is 58.0 Å². The van der Waals surface area contributed by atoms with Crippen molar-refractivity contribution in [3.05, 3.63) is 18.2 Å². The number of H-pyrrole nitrogens is 1. The highest BCUT2D eigenvalue weighted by atomic mass is 16.4. The van der Waals surface area contributed by atoms with E-state index in [1.807, 2.05) is 6.92 Å². The largest absolute Gasteiger partial charge is 0.480 e. The van der Waals surface area contributed by atoms with Crippen LogP contribution in [0, 0.1) is 0 Å². The van der Waals surface area contributed by atoms with Crippen molar-refractivity contribution in [3.8, 4) is 0 Å². The van der Waals surface area contributed by atoms with Gasteiger partial charge in [-0.1, -0.05) is 26.2 Å². The van der Waals surface area contributed by atoms with E-state index in [0.717, 1.165) is 25.7 Å². The molecule has 1 unspecified atom stereocenters. The lowest BCUT2D eigenvalue weighted by molar-refractivity contribution is -0.139. The van der Waals surface area contributed by atoms with E-state index in [1.165, 1.54) is 6.33 Å². The van der Waals surface area contributed by atoms with Gasteiger partial charge >= 0.3 is 12.0 Å². The van der Waals surface area contributed by atoms with Crippen LogP contribution in [0.4, 0.5) is 4.79 Å². The highest BCUT2D eigenvalue weighted by Gasteiger charge is 2.21. The first-order valence-electron chi connectivity index (χ1n) is 7.30. The maximum atomic E-state index is 11.8. The van der Waals surface area contributed by atoms with Crippen molar-refractivity contribution in [1.82, 2.24) is 20.6 Å². The van der Waals surface area contributed by atoms with Gasteiger partial charge in [0.2, 0.25) is 0 Å². The van der Waals surface area contributed by atoms with E-state index in [2.05, 4.69) is 27.5 Å². The molecule has 4 N–H and O–H groups in total. The highest BCUT2D eigenvalue weighted by molar-refractivity contribution is 5.82. The molecule has 2 atom stereocenters. The Morgan fingerprint density at radius 1 is 1.38 bits per heavy atom. The third-order valence-corrected chi connectivity index (χ3v) is 3.20. The molecule has 2 amide bonds. The Morgan fingerprint density at radius 2 is 2.14 bits per heavy atom. The topological polar surface area (TPSA) is 107 Å². The van der Waals surface area contributed by atoms with Gasteiger partial charge in [-0.2, -0.15) is 0 Å². The van der Waals surface area contributed by atoms with Crippen LogP contribution in [0.1, 0.15) is 45.2 Å². The molecule has 0 aliphatic rings. The number of aromatic nitrogens is 2. The van der Waals surface area contributed by atoms with Gasteiger partial charge in [-0.05, 0) is 13.3 Å². The van der Waals surface area contributed by atoms with Crippen LogP contribution in [0.2, 0.25) is 0 Å². The number of carboxylic acids is 1. The Labute approximate surface area is 124 Å². The second-order valence-electron chi connectivity index (χ2n) is 5.19. The van der Waals surface area contributed by atoms with Crippen LogP contribution < -0.4 is 10.6 Å². The number of imidazole rings is 1. The average molecular weight is 296 g/mol. The molecule has 1 heterocycles. The van der Waals surface area contributed by atoms with Crippen molar-refractivity contribution in [3.63, 3.8) is 0 Å². The number of carbonyl (C=O) groups is 2. The number of rotatable bonds is 9. The van der Waals surface area contributed by atoms with E-state index in [0.29, 0.717) is 5.69 Å². The van der Waals surface area contributed by atoms with Crippen LogP contribution in [-0.2, 0) is 11.2 Å². The normalized spacial score (nSPS) is 13.4. The molecule has 0 aromatic carbocycles. The van der Waals surface area contributed by atoms with Gasteiger partial charge in [0.1, 0.15) is 6.04 Å². The number of carboxylic acid groups (broad SMARTS) is 1. The second kappa shape index (κ2) is 8.99. The monoisotopic (exact) mass is 296 g/mol. The molecular weight excluding hydrogens is 272 g/mol. The molecule has 0 bridgehead atoms. The molecule has 1 rings (SSSR count). The molecule has 0 aliphatic carbocycles. The average Bonchev–Trinajstić information content (AvgIpc) is 2.91.